The van der Waals surface area contributed by atoms with Crippen molar-refractivity contribution in [2.45, 2.75) is 11.5 Å². The molecular weight excluding hydrogens is 595 g/mol. The summed E-state index contributed by atoms with van der Waals surface area (Å²) >= 11 is 0. The standard InChI is InChI=1S/C22H23O4S.C6BF8/c1-24-20-12-8-18(9-13-20)16-27(23,26-22-6-4-3-5-7-22)17-19-10-14-21(25-2)15-11-19;8-2-1(7(13,14)15)3(9)5(11)6(12)4(2)10/h3-15H,16-17H2,1-2H3;/q+1;-1. The lowest BCUT2D eigenvalue weighted by Gasteiger charge is -2.17. The molecule has 0 aliphatic heterocycles. The fourth-order valence-corrected chi connectivity index (χ4v) is 5.70. The maximum atomic E-state index is 13.7. The molecule has 0 fully saturated rings. The lowest BCUT2D eigenvalue weighted by molar-refractivity contribution is 0.377. The zero-order valence-corrected chi connectivity index (χ0v) is 22.9. The van der Waals surface area contributed by atoms with Gasteiger partial charge in [0.2, 0.25) is 0 Å². The van der Waals surface area contributed by atoms with Gasteiger partial charge in [-0.2, -0.15) is 0 Å². The highest BCUT2D eigenvalue weighted by molar-refractivity contribution is 7.97. The van der Waals surface area contributed by atoms with E-state index in [9.17, 15) is 39.1 Å². The van der Waals surface area contributed by atoms with Crippen molar-refractivity contribution in [1.82, 2.24) is 0 Å². The van der Waals surface area contributed by atoms with Gasteiger partial charge >= 0.3 is 6.98 Å². The molecule has 0 spiro atoms. The SMILES string of the molecule is COc1ccc(C[S+](=O)(Cc2ccc(OC)cc2)Oc2ccccc2)cc1.Fc1c(F)c(F)c([B-](F)(F)F)c(F)c1F. The van der Waals surface area contributed by atoms with Crippen molar-refractivity contribution in [3.05, 3.63) is 119 Å². The number of methoxy groups -OCH3 is 2. The maximum absolute atomic E-state index is 13.7. The van der Waals surface area contributed by atoms with Crippen molar-refractivity contribution >= 4 is 22.7 Å². The van der Waals surface area contributed by atoms with Crippen LogP contribution in [0.4, 0.5) is 34.9 Å². The Balaban J connectivity index is 0.000000274. The predicted octanol–water partition coefficient (Wildman–Crippen LogP) is 7.33. The maximum Gasteiger partial charge on any atom is 0.515 e. The van der Waals surface area contributed by atoms with Crippen LogP contribution in [0.25, 0.3) is 0 Å². The van der Waals surface area contributed by atoms with E-state index in [4.69, 9.17) is 13.7 Å². The van der Waals surface area contributed by atoms with Gasteiger partial charge < -0.3 is 22.4 Å². The second-order valence-electron chi connectivity index (χ2n) is 8.68. The number of rotatable bonds is 9. The normalized spacial score (nSPS) is 11.4. The van der Waals surface area contributed by atoms with E-state index in [1.807, 2.05) is 78.9 Å². The summed E-state index contributed by atoms with van der Waals surface area (Å²) in [6.07, 6.45) is 0. The van der Waals surface area contributed by atoms with Gasteiger partial charge in [-0.15, -0.1) is 0 Å². The Morgan fingerprint density at radius 3 is 1.31 bits per heavy atom. The third kappa shape index (κ3) is 8.24. The van der Waals surface area contributed by atoms with Gasteiger partial charge in [0.25, 0.3) is 10.2 Å². The van der Waals surface area contributed by atoms with E-state index >= 15 is 0 Å². The van der Waals surface area contributed by atoms with Crippen molar-refractivity contribution in [3.8, 4) is 17.2 Å². The summed E-state index contributed by atoms with van der Waals surface area (Å²) < 4.78 is 128. The molecule has 4 aromatic carbocycles. The molecule has 0 aliphatic carbocycles. The number of para-hydroxylation sites is 1. The van der Waals surface area contributed by atoms with Crippen LogP contribution in [0.3, 0.4) is 0 Å². The molecule has 4 aromatic rings. The van der Waals surface area contributed by atoms with Crippen LogP contribution in [-0.4, -0.2) is 21.2 Å². The van der Waals surface area contributed by atoms with Crippen molar-refractivity contribution < 1.29 is 52.8 Å². The molecule has 0 atom stereocenters. The van der Waals surface area contributed by atoms with Gasteiger partial charge in [-0.05, 0) is 41.9 Å². The van der Waals surface area contributed by atoms with Gasteiger partial charge in [0, 0.05) is 11.1 Å². The number of hydrogen-bond acceptors (Lipinski definition) is 4. The average Bonchev–Trinajstić information content (AvgIpc) is 2.96. The van der Waals surface area contributed by atoms with Crippen LogP contribution in [0, 0.1) is 29.1 Å². The highest BCUT2D eigenvalue weighted by atomic mass is 32.3. The fourth-order valence-electron chi connectivity index (χ4n) is 3.62. The second-order valence-corrected chi connectivity index (χ2v) is 10.9. The Morgan fingerprint density at radius 1 is 0.571 bits per heavy atom. The van der Waals surface area contributed by atoms with E-state index in [-0.39, 0.29) is 0 Å². The van der Waals surface area contributed by atoms with Gasteiger partial charge in [0.1, 0.15) is 23.1 Å². The molecule has 0 N–H and O–H groups in total. The number of benzene rings is 4. The lowest BCUT2D eigenvalue weighted by Crippen LogP contribution is -2.41. The minimum absolute atomic E-state index is 0.317. The van der Waals surface area contributed by atoms with E-state index in [0.29, 0.717) is 17.3 Å². The Bertz CT molecular complexity index is 1450. The van der Waals surface area contributed by atoms with Crippen LogP contribution >= 0.6 is 0 Å². The first-order valence-electron chi connectivity index (χ1n) is 12.0. The molecule has 224 valence electrons. The summed E-state index contributed by atoms with van der Waals surface area (Å²) in [5.74, 6) is -10.8. The van der Waals surface area contributed by atoms with Gasteiger partial charge in [0.15, 0.2) is 34.7 Å². The van der Waals surface area contributed by atoms with E-state index < -0.39 is 51.7 Å². The summed E-state index contributed by atoms with van der Waals surface area (Å²) in [6.45, 7) is -6.30. The smallest absolute Gasteiger partial charge is 0.497 e. The van der Waals surface area contributed by atoms with Crippen LogP contribution in [0.2, 0.25) is 0 Å². The molecule has 0 aromatic heterocycles. The summed E-state index contributed by atoms with van der Waals surface area (Å²) in [6, 6.07) is 24.4. The molecule has 0 radical (unpaired) electrons. The summed E-state index contributed by atoms with van der Waals surface area (Å²) in [4.78, 5) is 0. The van der Waals surface area contributed by atoms with E-state index in [1.165, 1.54) is 0 Å². The Labute approximate surface area is 237 Å². The molecule has 0 saturated heterocycles. The molecule has 0 aliphatic rings. The van der Waals surface area contributed by atoms with E-state index in [0.717, 1.165) is 22.6 Å². The number of ether oxygens (including phenoxy) is 2. The molecule has 42 heavy (non-hydrogen) atoms. The molecule has 0 heterocycles. The van der Waals surface area contributed by atoms with E-state index in [2.05, 4.69) is 0 Å². The zero-order valence-electron chi connectivity index (χ0n) is 22.1. The first-order chi connectivity index (χ1) is 19.8. The van der Waals surface area contributed by atoms with E-state index in [1.54, 1.807) is 14.2 Å². The third-order valence-corrected chi connectivity index (χ3v) is 7.70. The monoisotopic (exact) mass is 618 g/mol. The summed E-state index contributed by atoms with van der Waals surface area (Å²) in [5.41, 5.74) is -0.859. The third-order valence-electron chi connectivity index (χ3n) is 5.65. The van der Waals surface area contributed by atoms with Gasteiger partial charge in [-0.3, -0.25) is 4.18 Å². The molecule has 0 amide bonds. The van der Waals surface area contributed by atoms with Gasteiger partial charge in [-0.25, -0.2) is 22.0 Å². The molecule has 0 unspecified atom stereocenters. The molecule has 0 saturated carbocycles. The van der Waals surface area contributed by atoms with Gasteiger partial charge in [0.05, 0.1) is 14.2 Å². The first kappa shape index (κ1) is 32.4. The minimum atomic E-state index is -6.30. The molecule has 4 nitrogen and oxygen atoms in total. The Kier molecular flexibility index (Phi) is 10.6. The summed E-state index contributed by atoms with van der Waals surface area (Å²) in [7, 11) is 0.582. The van der Waals surface area contributed by atoms with Crippen molar-refractivity contribution in [2.24, 2.45) is 0 Å². The number of hydrogen-bond donors (Lipinski definition) is 0. The predicted molar refractivity (Wildman–Crippen MR) is 143 cm³/mol. The van der Waals surface area contributed by atoms with Crippen LogP contribution in [-0.2, 0) is 25.9 Å². The lowest BCUT2D eigenvalue weighted by atomic mass is 9.79. The Hall–Kier alpha value is -4.07. The van der Waals surface area contributed by atoms with Crippen molar-refractivity contribution in [2.75, 3.05) is 14.2 Å². The fraction of sp³-hybridized carbons (Fsp3) is 0.143. The molecule has 4 rings (SSSR count). The summed E-state index contributed by atoms with van der Waals surface area (Å²) in [5, 5.41) is 0. The molecule has 14 heteroatoms. The quantitative estimate of drug-likeness (QED) is 0.0648. The van der Waals surface area contributed by atoms with Crippen LogP contribution in [0.5, 0.6) is 17.2 Å². The van der Waals surface area contributed by atoms with Gasteiger partial charge in [-0.1, -0.05) is 46.7 Å². The highest BCUT2D eigenvalue weighted by Crippen LogP contribution is 2.27. The number of halogens is 8. The molecule has 0 bridgehead atoms. The van der Waals surface area contributed by atoms with Crippen molar-refractivity contribution in [1.29, 1.82) is 0 Å². The zero-order chi connectivity index (χ0) is 31.1. The Morgan fingerprint density at radius 2 is 0.952 bits per heavy atom. The highest BCUT2D eigenvalue weighted by Gasteiger charge is 2.38. The van der Waals surface area contributed by atoms with Crippen LogP contribution < -0.4 is 19.1 Å². The largest absolute Gasteiger partial charge is 0.515 e. The molecular formula is C28H23BF8O4S. The topological polar surface area (TPSA) is 44.8 Å². The van der Waals surface area contributed by atoms with Crippen LogP contribution in [0.15, 0.2) is 78.9 Å². The average molecular weight is 618 g/mol. The first-order valence-corrected chi connectivity index (χ1v) is 13.8. The second kappa shape index (κ2) is 13.7. The van der Waals surface area contributed by atoms with Crippen molar-refractivity contribution in [3.63, 3.8) is 0 Å². The minimum Gasteiger partial charge on any atom is -0.497 e. The van der Waals surface area contributed by atoms with Crippen LogP contribution in [0.1, 0.15) is 11.1 Å².